The molecule has 0 fully saturated rings. The van der Waals surface area contributed by atoms with Crippen LogP contribution in [0.3, 0.4) is 0 Å². The second-order valence-electron chi connectivity index (χ2n) is 1.99. The first-order chi connectivity index (χ1) is 5.25. The summed E-state index contributed by atoms with van der Waals surface area (Å²) in [6.45, 7) is 0. The van der Waals surface area contributed by atoms with Gasteiger partial charge in [-0.05, 0) is 12.1 Å². The molecule has 1 N–H and O–H groups in total. The molecule has 1 aromatic rings. The first-order valence-electron chi connectivity index (χ1n) is 3.07. The van der Waals surface area contributed by atoms with Crippen molar-refractivity contribution in [2.24, 2.45) is 0 Å². The standard InChI is InChI=1S/C8H7FNO/c1-10-8(11)6-4-2-3-5-7(6)9/h2-5H,1H2,(H,10,11). The Morgan fingerprint density at radius 1 is 1.45 bits per heavy atom. The lowest BCUT2D eigenvalue weighted by atomic mass is 10.2. The molecule has 1 aromatic carbocycles. The number of carbonyl (C=O) groups excluding carboxylic acids is 1. The summed E-state index contributed by atoms with van der Waals surface area (Å²) in [6, 6.07) is 5.74. The third-order valence-electron chi connectivity index (χ3n) is 1.28. The third kappa shape index (κ3) is 1.55. The molecule has 1 radical (unpaired) electrons. The maximum Gasteiger partial charge on any atom is 0.254 e. The summed E-state index contributed by atoms with van der Waals surface area (Å²) in [7, 11) is 3.14. The summed E-state index contributed by atoms with van der Waals surface area (Å²) in [6.07, 6.45) is 0. The van der Waals surface area contributed by atoms with E-state index in [0.29, 0.717) is 0 Å². The van der Waals surface area contributed by atoms with Gasteiger partial charge in [0.2, 0.25) is 0 Å². The molecular formula is C8H7FNO. The lowest BCUT2D eigenvalue weighted by molar-refractivity contribution is 0.0965. The van der Waals surface area contributed by atoms with E-state index in [1.807, 2.05) is 0 Å². The van der Waals surface area contributed by atoms with Gasteiger partial charge in [-0.25, -0.2) is 4.39 Å². The Morgan fingerprint density at radius 3 is 2.64 bits per heavy atom. The molecule has 57 valence electrons. The zero-order chi connectivity index (χ0) is 8.27. The van der Waals surface area contributed by atoms with E-state index in [9.17, 15) is 9.18 Å². The van der Waals surface area contributed by atoms with Crippen molar-refractivity contribution in [1.29, 1.82) is 0 Å². The number of benzene rings is 1. The van der Waals surface area contributed by atoms with E-state index >= 15 is 0 Å². The van der Waals surface area contributed by atoms with Gasteiger partial charge in [-0.15, -0.1) is 0 Å². The Bertz CT molecular complexity index is 273. The molecule has 0 unspecified atom stereocenters. The van der Waals surface area contributed by atoms with Gasteiger partial charge in [-0.1, -0.05) is 12.1 Å². The third-order valence-corrected chi connectivity index (χ3v) is 1.28. The smallest absolute Gasteiger partial charge is 0.254 e. The van der Waals surface area contributed by atoms with Crippen molar-refractivity contribution < 1.29 is 9.18 Å². The Labute approximate surface area is 64.0 Å². The van der Waals surface area contributed by atoms with Crippen LogP contribution in [-0.2, 0) is 0 Å². The summed E-state index contributed by atoms with van der Waals surface area (Å²) >= 11 is 0. The van der Waals surface area contributed by atoms with Gasteiger partial charge >= 0.3 is 0 Å². The van der Waals surface area contributed by atoms with Crippen LogP contribution in [0.1, 0.15) is 10.4 Å². The van der Waals surface area contributed by atoms with E-state index in [1.165, 1.54) is 18.2 Å². The predicted molar refractivity (Wildman–Crippen MR) is 39.2 cm³/mol. The summed E-state index contributed by atoms with van der Waals surface area (Å²) in [5.74, 6) is -1.04. The van der Waals surface area contributed by atoms with Crippen molar-refractivity contribution in [1.82, 2.24) is 5.32 Å². The summed E-state index contributed by atoms with van der Waals surface area (Å²) in [5.41, 5.74) is 0.0162. The minimum Gasteiger partial charge on any atom is -0.350 e. The van der Waals surface area contributed by atoms with Crippen LogP contribution < -0.4 is 5.32 Å². The van der Waals surface area contributed by atoms with Gasteiger partial charge < -0.3 is 5.32 Å². The number of hydrogen-bond donors (Lipinski definition) is 1. The zero-order valence-corrected chi connectivity index (χ0v) is 5.80. The van der Waals surface area contributed by atoms with Crippen LogP contribution in [0.2, 0.25) is 0 Å². The quantitative estimate of drug-likeness (QED) is 0.646. The zero-order valence-electron chi connectivity index (χ0n) is 5.80. The van der Waals surface area contributed by atoms with Crippen LogP contribution in [-0.4, -0.2) is 5.91 Å². The van der Waals surface area contributed by atoms with Crippen molar-refractivity contribution >= 4 is 5.91 Å². The lowest BCUT2D eigenvalue weighted by Crippen LogP contribution is -2.16. The van der Waals surface area contributed by atoms with E-state index in [4.69, 9.17) is 0 Å². The number of hydrogen-bond acceptors (Lipinski definition) is 1. The van der Waals surface area contributed by atoms with Gasteiger partial charge in [0.1, 0.15) is 5.82 Å². The topological polar surface area (TPSA) is 29.1 Å². The van der Waals surface area contributed by atoms with Gasteiger partial charge in [0.25, 0.3) is 5.91 Å². The second-order valence-corrected chi connectivity index (χ2v) is 1.99. The Balaban J connectivity index is 3.03. The highest BCUT2D eigenvalue weighted by atomic mass is 19.1. The van der Waals surface area contributed by atoms with Crippen molar-refractivity contribution in [3.8, 4) is 0 Å². The molecule has 3 heteroatoms. The largest absolute Gasteiger partial charge is 0.350 e. The SMILES string of the molecule is [CH2]NC(=O)c1ccccc1F. The van der Waals surface area contributed by atoms with Crippen LogP contribution in [0.25, 0.3) is 0 Å². The molecule has 1 rings (SSSR count). The maximum atomic E-state index is 12.7. The first-order valence-corrected chi connectivity index (χ1v) is 3.07. The Kier molecular flexibility index (Phi) is 2.21. The molecule has 0 aliphatic carbocycles. The van der Waals surface area contributed by atoms with E-state index in [2.05, 4.69) is 12.4 Å². The molecule has 0 saturated heterocycles. The molecule has 0 heterocycles. The highest BCUT2D eigenvalue weighted by molar-refractivity contribution is 5.94. The molecular weight excluding hydrogens is 145 g/mol. The number of amides is 1. The van der Waals surface area contributed by atoms with E-state index in [-0.39, 0.29) is 5.56 Å². The summed E-state index contributed by atoms with van der Waals surface area (Å²) < 4.78 is 12.7. The number of carbonyl (C=O) groups is 1. The predicted octanol–water partition coefficient (Wildman–Crippen LogP) is 1.35. The number of rotatable bonds is 1. The van der Waals surface area contributed by atoms with Crippen LogP contribution in [0.15, 0.2) is 24.3 Å². The highest BCUT2D eigenvalue weighted by Gasteiger charge is 2.06. The molecule has 2 nitrogen and oxygen atoms in total. The fourth-order valence-corrected chi connectivity index (χ4v) is 0.741. The molecule has 0 spiro atoms. The molecule has 0 bridgehead atoms. The van der Waals surface area contributed by atoms with E-state index in [1.54, 1.807) is 6.07 Å². The van der Waals surface area contributed by atoms with Crippen molar-refractivity contribution in [2.75, 3.05) is 0 Å². The van der Waals surface area contributed by atoms with Gasteiger partial charge in [0, 0.05) is 7.05 Å². The fourth-order valence-electron chi connectivity index (χ4n) is 0.741. The second kappa shape index (κ2) is 3.14. The summed E-state index contributed by atoms with van der Waals surface area (Å²) in [5, 5.41) is 2.09. The van der Waals surface area contributed by atoms with Gasteiger partial charge in [0.05, 0.1) is 5.56 Å². The van der Waals surface area contributed by atoms with Crippen LogP contribution in [0.5, 0.6) is 0 Å². The molecule has 0 aliphatic rings. The van der Waals surface area contributed by atoms with Gasteiger partial charge in [-0.2, -0.15) is 0 Å². The van der Waals surface area contributed by atoms with Gasteiger partial charge in [0.15, 0.2) is 0 Å². The lowest BCUT2D eigenvalue weighted by Gasteiger charge is -1.98. The molecule has 0 saturated carbocycles. The highest BCUT2D eigenvalue weighted by Crippen LogP contribution is 2.04. The minimum absolute atomic E-state index is 0.0162. The van der Waals surface area contributed by atoms with Crippen LogP contribution in [0.4, 0.5) is 4.39 Å². The monoisotopic (exact) mass is 152 g/mol. The van der Waals surface area contributed by atoms with Crippen molar-refractivity contribution in [3.63, 3.8) is 0 Å². The average molecular weight is 152 g/mol. The van der Waals surface area contributed by atoms with Crippen molar-refractivity contribution in [3.05, 3.63) is 42.7 Å². The minimum atomic E-state index is -0.534. The molecule has 0 aliphatic heterocycles. The molecule has 0 aromatic heterocycles. The first kappa shape index (κ1) is 7.72. The van der Waals surface area contributed by atoms with E-state index < -0.39 is 11.7 Å². The molecule has 1 amide bonds. The van der Waals surface area contributed by atoms with E-state index in [0.717, 1.165) is 0 Å². The fraction of sp³-hybridized carbons (Fsp3) is 0. The maximum absolute atomic E-state index is 12.7. The Morgan fingerprint density at radius 2 is 2.09 bits per heavy atom. The Hall–Kier alpha value is -1.38. The summed E-state index contributed by atoms with van der Waals surface area (Å²) in [4.78, 5) is 10.8. The average Bonchev–Trinajstić information content (AvgIpc) is 2.04. The van der Waals surface area contributed by atoms with Crippen LogP contribution >= 0.6 is 0 Å². The normalized spacial score (nSPS) is 9.27. The molecule has 11 heavy (non-hydrogen) atoms. The molecule has 0 atom stereocenters. The number of halogens is 1. The van der Waals surface area contributed by atoms with Gasteiger partial charge in [-0.3, -0.25) is 4.79 Å². The van der Waals surface area contributed by atoms with Crippen LogP contribution in [0, 0.1) is 12.9 Å². The van der Waals surface area contributed by atoms with Crippen molar-refractivity contribution in [2.45, 2.75) is 0 Å². The number of nitrogens with one attached hydrogen (secondary N) is 1.